The maximum Gasteiger partial charge on any atom is 0.154 e. The minimum absolute atomic E-state index is 0.362. The molecule has 0 bridgehead atoms. The average Bonchev–Trinajstić information content (AvgIpc) is 2.99. The Bertz CT molecular complexity index is 811. The zero-order valence-corrected chi connectivity index (χ0v) is 13.9. The molecule has 4 heteroatoms. The van der Waals surface area contributed by atoms with Crippen LogP contribution >= 0.6 is 0 Å². The minimum Gasteiger partial charge on any atom is -0.487 e. The Kier molecular flexibility index (Phi) is 4.65. The topological polar surface area (TPSA) is 38.3 Å². The number of aldehydes is 1. The molecule has 3 nitrogen and oxygen atoms in total. The summed E-state index contributed by atoms with van der Waals surface area (Å²) in [6.07, 6.45) is 2.83. The van der Waals surface area contributed by atoms with Crippen LogP contribution in [-0.4, -0.2) is 13.3 Å². The Labute approximate surface area is 141 Å². The number of ether oxygens (including phenoxy) is 1. The number of allylic oxidation sites excluding steroid dienone is 1. The Hall–Kier alpha value is -2.62. The van der Waals surface area contributed by atoms with Crippen molar-refractivity contribution in [1.29, 1.82) is 0 Å². The van der Waals surface area contributed by atoms with Crippen molar-refractivity contribution < 1.29 is 13.9 Å². The van der Waals surface area contributed by atoms with Crippen LogP contribution in [0.3, 0.4) is 0 Å². The van der Waals surface area contributed by atoms with Gasteiger partial charge in [-0.15, -0.1) is 0 Å². The summed E-state index contributed by atoms with van der Waals surface area (Å²) in [7, 11) is 1.74. The summed E-state index contributed by atoms with van der Waals surface area (Å²) < 4.78 is 19.5. The van der Waals surface area contributed by atoms with Gasteiger partial charge in [-0.2, -0.15) is 0 Å². The van der Waals surface area contributed by atoms with Gasteiger partial charge in [0.1, 0.15) is 18.2 Å². The normalized spacial score (nSPS) is 14.8. The first-order valence-corrected chi connectivity index (χ1v) is 8.10. The largest absolute Gasteiger partial charge is 0.487 e. The number of benzene rings is 2. The highest BCUT2D eigenvalue weighted by Crippen LogP contribution is 2.37. The van der Waals surface area contributed by atoms with E-state index in [-0.39, 0.29) is 5.82 Å². The summed E-state index contributed by atoms with van der Waals surface area (Å²) in [4.78, 5) is 11.8. The third-order valence-corrected chi connectivity index (χ3v) is 4.23. The number of carbonyl (C=O) groups excluding carboxylic acids is 1. The number of halogens is 1. The van der Waals surface area contributed by atoms with E-state index in [9.17, 15) is 9.18 Å². The highest BCUT2D eigenvalue weighted by Gasteiger charge is 2.24. The monoisotopic (exact) mass is 325 g/mol. The van der Waals surface area contributed by atoms with Gasteiger partial charge in [-0.1, -0.05) is 31.5 Å². The molecule has 0 saturated carbocycles. The van der Waals surface area contributed by atoms with E-state index in [1.165, 1.54) is 17.7 Å². The highest BCUT2D eigenvalue weighted by molar-refractivity contribution is 6.18. The summed E-state index contributed by atoms with van der Waals surface area (Å²) in [6.45, 7) is 2.58. The van der Waals surface area contributed by atoms with E-state index in [2.05, 4.69) is 24.4 Å². The predicted octanol–water partition coefficient (Wildman–Crippen LogP) is 4.42. The van der Waals surface area contributed by atoms with Gasteiger partial charge in [0.15, 0.2) is 6.29 Å². The zero-order valence-electron chi connectivity index (χ0n) is 13.9. The van der Waals surface area contributed by atoms with Gasteiger partial charge in [0.05, 0.1) is 5.57 Å². The molecular weight excluding hydrogens is 305 g/mol. The molecule has 2 aromatic carbocycles. The van der Waals surface area contributed by atoms with Gasteiger partial charge in [0, 0.05) is 29.4 Å². The molecular formula is C20H20FNO2. The lowest BCUT2D eigenvalue weighted by atomic mass is 9.97. The molecule has 1 N–H and O–H groups in total. The Morgan fingerprint density at radius 2 is 2.12 bits per heavy atom. The highest BCUT2D eigenvalue weighted by atomic mass is 19.1. The van der Waals surface area contributed by atoms with Gasteiger partial charge in [0.2, 0.25) is 0 Å². The molecule has 1 aliphatic rings. The Morgan fingerprint density at radius 1 is 1.29 bits per heavy atom. The summed E-state index contributed by atoms with van der Waals surface area (Å²) in [5.41, 5.74) is 4.79. The third-order valence-electron chi connectivity index (χ3n) is 4.23. The molecule has 3 rings (SSSR count). The molecule has 0 aromatic heterocycles. The molecule has 1 aliphatic heterocycles. The van der Waals surface area contributed by atoms with E-state index in [4.69, 9.17) is 4.74 Å². The van der Waals surface area contributed by atoms with Crippen LogP contribution in [0.2, 0.25) is 0 Å². The molecule has 24 heavy (non-hydrogen) atoms. The van der Waals surface area contributed by atoms with Gasteiger partial charge < -0.3 is 10.1 Å². The molecule has 2 aromatic rings. The zero-order chi connectivity index (χ0) is 17.1. The second-order valence-electron chi connectivity index (χ2n) is 5.83. The first-order valence-electron chi connectivity index (χ1n) is 8.10. The minimum atomic E-state index is -0.388. The van der Waals surface area contributed by atoms with Crippen LogP contribution in [0, 0.1) is 5.82 Å². The quantitative estimate of drug-likeness (QED) is 0.653. The van der Waals surface area contributed by atoms with Crippen LogP contribution in [0.1, 0.15) is 35.6 Å². The number of anilines is 1. The number of carbonyl (C=O) groups is 1. The maximum atomic E-state index is 13.7. The van der Waals surface area contributed by atoms with Crippen molar-refractivity contribution in [2.75, 3.05) is 12.4 Å². The second-order valence-corrected chi connectivity index (χ2v) is 5.83. The van der Waals surface area contributed by atoms with Crippen LogP contribution in [-0.2, 0) is 22.6 Å². The molecule has 0 fully saturated rings. The van der Waals surface area contributed by atoms with Gasteiger partial charge in [0.25, 0.3) is 0 Å². The Balaban J connectivity index is 2.13. The van der Waals surface area contributed by atoms with Crippen LogP contribution in [0.25, 0.3) is 11.3 Å². The van der Waals surface area contributed by atoms with Crippen LogP contribution < -0.4 is 5.32 Å². The number of rotatable bonds is 5. The predicted molar refractivity (Wildman–Crippen MR) is 94.1 cm³/mol. The van der Waals surface area contributed by atoms with Crippen molar-refractivity contribution in [3.05, 3.63) is 64.5 Å². The van der Waals surface area contributed by atoms with Crippen molar-refractivity contribution in [2.45, 2.75) is 26.4 Å². The van der Waals surface area contributed by atoms with Crippen molar-refractivity contribution in [1.82, 2.24) is 0 Å². The van der Waals surface area contributed by atoms with E-state index < -0.39 is 0 Å². The molecule has 0 radical (unpaired) electrons. The fourth-order valence-electron chi connectivity index (χ4n) is 3.08. The van der Waals surface area contributed by atoms with Gasteiger partial charge in [-0.05, 0) is 30.2 Å². The van der Waals surface area contributed by atoms with Crippen LogP contribution in [0.5, 0.6) is 0 Å². The molecule has 0 atom stereocenters. The number of aryl methyl sites for hydroxylation is 1. The number of fused-ring (bicyclic) bond motifs is 1. The first kappa shape index (κ1) is 16.2. The molecule has 0 amide bonds. The van der Waals surface area contributed by atoms with Crippen molar-refractivity contribution in [3.8, 4) is 0 Å². The molecule has 0 unspecified atom stereocenters. The summed E-state index contributed by atoms with van der Waals surface area (Å²) in [5, 5.41) is 3.00. The Morgan fingerprint density at radius 3 is 2.83 bits per heavy atom. The molecule has 124 valence electrons. The van der Waals surface area contributed by atoms with Gasteiger partial charge in [-0.25, -0.2) is 4.39 Å². The van der Waals surface area contributed by atoms with E-state index in [1.54, 1.807) is 13.1 Å². The van der Waals surface area contributed by atoms with Crippen molar-refractivity contribution in [3.63, 3.8) is 0 Å². The number of hydrogen-bond acceptors (Lipinski definition) is 3. The maximum absolute atomic E-state index is 13.7. The van der Waals surface area contributed by atoms with Gasteiger partial charge in [-0.3, -0.25) is 4.79 Å². The van der Waals surface area contributed by atoms with Crippen molar-refractivity contribution in [2.24, 2.45) is 0 Å². The lowest BCUT2D eigenvalue weighted by Gasteiger charge is -2.12. The smallest absolute Gasteiger partial charge is 0.154 e. The average molecular weight is 325 g/mol. The van der Waals surface area contributed by atoms with E-state index in [1.807, 2.05) is 6.07 Å². The number of hydrogen-bond donors (Lipinski definition) is 1. The standard InChI is InChI=1S/C20H20FNO2/c1-3-4-13-5-7-16-14(9-13)12-24-20(16)18(11-23)17-10-15(21)6-8-19(17)22-2/h5-11,22H,3-4,12H2,1-2H3/b20-18-. The molecule has 0 saturated heterocycles. The lowest BCUT2D eigenvalue weighted by Crippen LogP contribution is -1.99. The third kappa shape index (κ3) is 2.92. The summed E-state index contributed by atoms with van der Waals surface area (Å²) >= 11 is 0. The van der Waals surface area contributed by atoms with Crippen LogP contribution in [0.15, 0.2) is 36.4 Å². The SMILES string of the molecule is CCCc1ccc2c(c1)CO/C2=C(/C=O)c1cc(F)ccc1NC. The van der Waals surface area contributed by atoms with E-state index in [0.717, 1.165) is 30.3 Å². The van der Waals surface area contributed by atoms with E-state index in [0.29, 0.717) is 29.2 Å². The summed E-state index contributed by atoms with van der Waals surface area (Å²) in [5.74, 6) is 0.130. The van der Waals surface area contributed by atoms with Crippen molar-refractivity contribution >= 4 is 23.3 Å². The number of nitrogens with one attached hydrogen (secondary N) is 1. The summed E-state index contributed by atoms with van der Waals surface area (Å²) in [6, 6.07) is 10.5. The fourth-order valence-corrected chi connectivity index (χ4v) is 3.08. The van der Waals surface area contributed by atoms with Crippen LogP contribution in [0.4, 0.5) is 10.1 Å². The molecule has 0 spiro atoms. The first-order chi connectivity index (χ1) is 11.7. The van der Waals surface area contributed by atoms with E-state index >= 15 is 0 Å². The second kappa shape index (κ2) is 6.87. The fraction of sp³-hybridized carbons (Fsp3) is 0.250. The molecule has 0 aliphatic carbocycles. The molecule has 1 heterocycles. The lowest BCUT2D eigenvalue weighted by molar-refractivity contribution is -0.103. The van der Waals surface area contributed by atoms with Gasteiger partial charge >= 0.3 is 0 Å².